The number of imide groups is 1. The van der Waals surface area contributed by atoms with E-state index in [-0.39, 0.29) is 17.7 Å². The fourth-order valence-electron chi connectivity index (χ4n) is 2.88. The van der Waals surface area contributed by atoms with Crippen molar-refractivity contribution in [1.29, 1.82) is 0 Å². The van der Waals surface area contributed by atoms with Gasteiger partial charge in [0, 0.05) is 6.04 Å². The highest BCUT2D eigenvalue weighted by molar-refractivity contribution is 7.99. The van der Waals surface area contributed by atoms with Gasteiger partial charge < -0.3 is 5.32 Å². The molecule has 1 aromatic carbocycles. The van der Waals surface area contributed by atoms with Gasteiger partial charge in [-0.05, 0) is 42.3 Å². The highest BCUT2D eigenvalue weighted by Crippen LogP contribution is 2.19. The first kappa shape index (κ1) is 18.4. The number of aromatic nitrogens is 4. The van der Waals surface area contributed by atoms with Crippen molar-refractivity contribution in [3.63, 3.8) is 0 Å². The molecule has 1 aliphatic rings. The molecule has 0 bridgehead atoms. The van der Waals surface area contributed by atoms with Crippen LogP contribution >= 0.6 is 11.8 Å². The zero-order chi connectivity index (χ0) is 18.4. The average molecular weight is 374 g/mol. The maximum atomic E-state index is 12.0. The first-order valence-electron chi connectivity index (χ1n) is 8.70. The summed E-state index contributed by atoms with van der Waals surface area (Å²) in [4.78, 5) is 23.9. The highest BCUT2D eigenvalue weighted by Gasteiger charge is 2.18. The Balaban J connectivity index is 1.49. The first-order valence-corrected chi connectivity index (χ1v) is 9.69. The van der Waals surface area contributed by atoms with Gasteiger partial charge in [-0.15, -0.1) is 5.10 Å². The molecule has 0 saturated heterocycles. The Labute approximate surface area is 156 Å². The largest absolute Gasteiger partial charge is 0.335 e. The van der Waals surface area contributed by atoms with Crippen molar-refractivity contribution in [2.45, 2.75) is 50.2 Å². The Morgan fingerprint density at radius 2 is 1.92 bits per heavy atom. The number of benzene rings is 1. The van der Waals surface area contributed by atoms with Gasteiger partial charge in [0.15, 0.2) is 0 Å². The molecule has 138 valence electrons. The number of nitrogens with zero attached hydrogens (tertiary/aromatic N) is 4. The van der Waals surface area contributed by atoms with Crippen LogP contribution in [0.1, 0.15) is 37.7 Å². The number of rotatable bonds is 5. The van der Waals surface area contributed by atoms with Crippen LogP contribution in [0.5, 0.6) is 0 Å². The molecular formula is C17H22N6O2S. The molecule has 26 heavy (non-hydrogen) atoms. The fourth-order valence-corrected chi connectivity index (χ4v) is 3.57. The second kappa shape index (κ2) is 8.79. The third-order valence-electron chi connectivity index (χ3n) is 4.25. The van der Waals surface area contributed by atoms with E-state index in [9.17, 15) is 9.59 Å². The number of carbonyl (C=O) groups is 2. The number of hydrogen-bond acceptors (Lipinski definition) is 6. The molecule has 1 fully saturated rings. The van der Waals surface area contributed by atoms with Crippen molar-refractivity contribution < 1.29 is 9.59 Å². The quantitative estimate of drug-likeness (QED) is 0.778. The van der Waals surface area contributed by atoms with Crippen LogP contribution in [0.3, 0.4) is 0 Å². The summed E-state index contributed by atoms with van der Waals surface area (Å²) in [7, 11) is 0. The number of urea groups is 1. The molecule has 0 unspecified atom stereocenters. The second-order valence-corrected chi connectivity index (χ2v) is 7.30. The van der Waals surface area contributed by atoms with Crippen LogP contribution in [0.2, 0.25) is 0 Å². The van der Waals surface area contributed by atoms with Gasteiger partial charge in [-0.1, -0.05) is 48.7 Å². The lowest BCUT2D eigenvalue weighted by Crippen LogP contribution is -2.45. The predicted octanol–water partition coefficient (Wildman–Crippen LogP) is 2.22. The maximum Gasteiger partial charge on any atom is 0.321 e. The van der Waals surface area contributed by atoms with E-state index in [1.165, 1.54) is 18.2 Å². The molecule has 0 atom stereocenters. The molecule has 8 nitrogen and oxygen atoms in total. The van der Waals surface area contributed by atoms with E-state index in [2.05, 4.69) is 26.2 Å². The zero-order valence-corrected chi connectivity index (χ0v) is 15.5. The third kappa shape index (κ3) is 5.04. The summed E-state index contributed by atoms with van der Waals surface area (Å²) in [5.41, 5.74) is 1.96. The molecule has 1 heterocycles. The van der Waals surface area contributed by atoms with Crippen molar-refractivity contribution in [2.75, 3.05) is 5.75 Å². The molecule has 0 radical (unpaired) electrons. The van der Waals surface area contributed by atoms with Crippen LogP contribution in [0.25, 0.3) is 5.69 Å². The number of carbonyl (C=O) groups excluding carboxylic acids is 2. The number of thioether (sulfide) groups is 1. The molecule has 0 spiro atoms. The smallest absolute Gasteiger partial charge is 0.321 e. The minimum Gasteiger partial charge on any atom is -0.335 e. The Bertz CT molecular complexity index is 755. The molecule has 2 aromatic rings. The van der Waals surface area contributed by atoms with Gasteiger partial charge in [-0.25, -0.2) is 4.79 Å². The van der Waals surface area contributed by atoms with Crippen molar-refractivity contribution in [2.24, 2.45) is 0 Å². The van der Waals surface area contributed by atoms with Crippen LogP contribution in [-0.4, -0.2) is 43.9 Å². The minimum absolute atomic E-state index is 0.0598. The Morgan fingerprint density at radius 1 is 1.19 bits per heavy atom. The van der Waals surface area contributed by atoms with Crippen LogP contribution in [0.15, 0.2) is 29.4 Å². The molecule has 2 N–H and O–H groups in total. The van der Waals surface area contributed by atoms with E-state index in [0.29, 0.717) is 5.16 Å². The van der Waals surface area contributed by atoms with Crippen LogP contribution < -0.4 is 10.6 Å². The number of amides is 3. The van der Waals surface area contributed by atoms with Gasteiger partial charge in [-0.3, -0.25) is 10.1 Å². The van der Waals surface area contributed by atoms with Crippen LogP contribution in [-0.2, 0) is 4.79 Å². The van der Waals surface area contributed by atoms with Crippen molar-refractivity contribution >= 4 is 23.7 Å². The lowest BCUT2D eigenvalue weighted by molar-refractivity contribution is -0.117. The molecule has 3 amide bonds. The van der Waals surface area contributed by atoms with Gasteiger partial charge in [0.2, 0.25) is 11.1 Å². The highest BCUT2D eigenvalue weighted by atomic mass is 32.2. The standard InChI is InChI=1S/C17H22N6O2S/c1-12-7-9-14(10-8-12)23-17(20-21-22-23)26-11-15(24)19-16(25)18-13-5-3-2-4-6-13/h7-10,13H,2-6,11H2,1H3,(H2,18,19,24,25). The Morgan fingerprint density at radius 3 is 2.65 bits per heavy atom. The fraction of sp³-hybridized carbons (Fsp3) is 0.471. The number of tetrazole rings is 1. The van der Waals surface area contributed by atoms with Crippen LogP contribution in [0, 0.1) is 6.92 Å². The van der Waals surface area contributed by atoms with E-state index in [0.717, 1.165) is 36.9 Å². The average Bonchev–Trinajstić information content (AvgIpc) is 3.10. The maximum absolute atomic E-state index is 12.0. The summed E-state index contributed by atoms with van der Waals surface area (Å²) in [5, 5.41) is 17.3. The normalized spacial score (nSPS) is 14.8. The SMILES string of the molecule is Cc1ccc(-n2nnnc2SCC(=O)NC(=O)NC2CCCCC2)cc1. The first-order chi connectivity index (χ1) is 12.6. The third-order valence-corrected chi connectivity index (χ3v) is 5.16. The van der Waals surface area contributed by atoms with E-state index in [1.807, 2.05) is 31.2 Å². The van der Waals surface area contributed by atoms with Crippen molar-refractivity contribution in [3.05, 3.63) is 29.8 Å². The Kier molecular flexibility index (Phi) is 6.21. The molecular weight excluding hydrogens is 352 g/mol. The van der Waals surface area contributed by atoms with E-state index >= 15 is 0 Å². The topological polar surface area (TPSA) is 102 Å². The molecule has 9 heteroatoms. The van der Waals surface area contributed by atoms with Gasteiger partial charge in [-0.2, -0.15) is 4.68 Å². The molecule has 1 aromatic heterocycles. The monoisotopic (exact) mass is 374 g/mol. The second-order valence-electron chi connectivity index (χ2n) is 6.35. The number of nitrogens with one attached hydrogen (secondary N) is 2. The van der Waals surface area contributed by atoms with Gasteiger partial charge >= 0.3 is 6.03 Å². The van der Waals surface area contributed by atoms with Gasteiger partial charge in [0.1, 0.15) is 0 Å². The Hall–Kier alpha value is -2.42. The summed E-state index contributed by atoms with van der Waals surface area (Å²) in [6, 6.07) is 7.49. The minimum atomic E-state index is -0.430. The summed E-state index contributed by atoms with van der Waals surface area (Å²) < 4.78 is 1.57. The van der Waals surface area contributed by atoms with Crippen molar-refractivity contribution in [1.82, 2.24) is 30.8 Å². The van der Waals surface area contributed by atoms with E-state index in [4.69, 9.17) is 0 Å². The molecule has 1 saturated carbocycles. The summed E-state index contributed by atoms with van der Waals surface area (Å²) >= 11 is 1.18. The van der Waals surface area contributed by atoms with E-state index in [1.54, 1.807) is 4.68 Å². The van der Waals surface area contributed by atoms with Gasteiger partial charge in [0.05, 0.1) is 11.4 Å². The summed E-state index contributed by atoms with van der Waals surface area (Å²) in [6.07, 6.45) is 5.40. The van der Waals surface area contributed by atoms with E-state index < -0.39 is 6.03 Å². The van der Waals surface area contributed by atoms with Crippen LogP contribution in [0.4, 0.5) is 4.79 Å². The molecule has 1 aliphatic carbocycles. The zero-order valence-electron chi connectivity index (χ0n) is 14.6. The summed E-state index contributed by atoms with van der Waals surface area (Å²) in [6.45, 7) is 2.00. The van der Waals surface area contributed by atoms with Crippen molar-refractivity contribution in [3.8, 4) is 5.69 Å². The summed E-state index contributed by atoms with van der Waals surface area (Å²) in [5.74, 6) is -0.314. The lowest BCUT2D eigenvalue weighted by atomic mass is 9.96. The lowest BCUT2D eigenvalue weighted by Gasteiger charge is -2.22. The van der Waals surface area contributed by atoms with Gasteiger partial charge in [0.25, 0.3) is 0 Å². The molecule has 0 aliphatic heterocycles. The number of hydrogen-bond donors (Lipinski definition) is 2. The predicted molar refractivity (Wildman–Crippen MR) is 98.2 cm³/mol. The molecule has 3 rings (SSSR count). The number of aryl methyl sites for hydroxylation is 1.